The van der Waals surface area contributed by atoms with E-state index >= 15 is 0 Å². The molecule has 1 aromatic heterocycles. The van der Waals surface area contributed by atoms with Gasteiger partial charge in [0.25, 0.3) is 0 Å². The molecule has 1 aliphatic heterocycles. The van der Waals surface area contributed by atoms with E-state index in [9.17, 15) is 0 Å². The van der Waals surface area contributed by atoms with Gasteiger partial charge in [-0.25, -0.2) is 0 Å². The van der Waals surface area contributed by atoms with Gasteiger partial charge in [0.15, 0.2) is 0 Å². The zero-order valence-electron chi connectivity index (χ0n) is 9.39. The Bertz CT molecular complexity index is 301. The predicted molar refractivity (Wildman–Crippen MR) is 60.8 cm³/mol. The van der Waals surface area contributed by atoms with Gasteiger partial charge in [-0.3, -0.25) is 9.58 Å². The molecule has 0 radical (unpaired) electrons. The van der Waals surface area contributed by atoms with E-state index in [0.29, 0.717) is 6.04 Å². The second-order valence-corrected chi connectivity index (χ2v) is 4.23. The van der Waals surface area contributed by atoms with Crippen molar-refractivity contribution in [3.63, 3.8) is 0 Å². The Morgan fingerprint density at radius 3 is 3.00 bits per heavy atom. The first-order valence-corrected chi connectivity index (χ1v) is 5.79. The number of nitrogens with two attached hydrogens (primary N) is 1. The molecule has 0 amide bonds. The summed E-state index contributed by atoms with van der Waals surface area (Å²) in [6, 6.07) is 0.594. The minimum Gasteiger partial charge on any atom is -0.330 e. The molecule has 2 rings (SSSR count). The van der Waals surface area contributed by atoms with Gasteiger partial charge in [0, 0.05) is 19.3 Å². The molecule has 0 spiro atoms. The van der Waals surface area contributed by atoms with E-state index in [0.717, 1.165) is 39.0 Å². The lowest BCUT2D eigenvalue weighted by molar-refractivity contribution is 0.105. The Morgan fingerprint density at radius 2 is 2.33 bits per heavy atom. The summed E-state index contributed by atoms with van der Waals surface area (Å²) in [5.74, 6) is 0. The fourth-order valence-corrected chi connectivity index (χ4v) is 1.98. The fourth-order valence-electron chi connectivity index (χ4n) is 1.98. The standard InChI is InChI=1S/C11H20N4/c1-2-14-8-11(9-14)15-7-10(6-13-15)4-3-5-12/h6-7,11H,2-5,8-9,12H2,1H3. The van der Waals surface area contributed by atoms with E-state index in [-0.39, 0.29) is 0 Å². The monoisotopic (exact) mass is 208 g/mol. The molecule has 4 nitrogen and oxygen atoms in total. The van der Waals surface area contributed by atoms with Gasteiger partial charge in [0.05, 0.1) is 12.2 Å². The quantitative estimate of drug-likeness (QED) is 0.773. The van der Waals surface area contributed by atoms with Gasteiger partial charge in [0.1, 0.15) is 0 Å². The Balaban J connectivity index is 1.85. The number of likely N-dealkylation sites (tertiary alicyclic amines) is 1. The van der Waals surface area contributed by atoms with Crippen LogP contribution in [-0.2, 0) is 6.42 Å². The normalized spacial score (nSPS) is 18.0. The summed E-state index contributed by atoms with van der Waals surface area (Å²) in [5, 5.41) is 4.41. The first-order chi connectivity index (χ1) is 7.33. The van der Waals surface area contributed by atoms with Crippen LogP contribution in [0.5, 0.6) is 0 Å². The van der Waals surface area contributed by atoms with Crippen LogP contribution < -0.4 is 5.73 Å². The summed E-state index contributed by atoms with van der Waals surface area (Å²) < 4.78 is 2.11. The number of hydrogen-bond donors (Lipinski definition) is 1. The molecule has 0 atom stereocenters. The van der Waals surface area contributed by atoms with Gasteiger partial charge < -0.3 is 5.73 Å². The molecule has 1 aliphatic rings. The van der Waals surface area contributed by atoms with Gasteiger partial charge in [-0.2, -0.15) is 5.10 Å². The molecular formula is C11H20N4. The highest BCUT2D eigenvalue weighted by molar-refractivity contribution is 5.05. The second-order valence-electron chi connectivity index (χ2n) is 4.23. The van der Waals surface area contributed by atoms with Crippen molar-refractivity contribution in [1.29, 1.82) is 0 Å². The zero-order chi connectivity index (χ0) is 10.7. The second kappa shape index (κ2) is 4.77. The smallest absolute Gasteiger partial charge is 0.0772 e. The van der Waals surface area contributed by atoms with Crippen LogP contribution in [0.2, 0.25) is 0 Å². The van der Waals surface area contributed by atoms with Crippen LogP contribution in [0.4, 0.5) is 0 Å². The molecule has 0 unspecified atom stereocenters. The third-order valence-electron chi connectivity index (χ3n) is 3.08. The van der Waals surface area contributed by atoms with E-state index in [1.165, 1.54) is 5.56 Å². The van der Waals surface area contributed by atoms with Crippen LogP contribution in [0.3, 0.4) is 0 Å². The fraction of sp³-hybridized carbons (Fsp3) is 0.727. The van der Waals surface area contributed by atoms with Crippen molar-refractivity contribution in [3.05, 3.63) is 18.0 Å². The minimum atomic E-state index is 0.594. The molecule has 0 aliphatic carbocycles. The van der Waals surface area contributed by atoms with Gasteiger partial charge in [0.2, 0.25) is 0 Å². The first-order valence-electron chi connectivity index (χ1n) is 5.79. The van der Waals surface area contributed by atoms with E-state index in [4.69, 9.17) is 5.73 Å². The summed E-state index contributed by atoms with van der Waals surface area (Å²) in [7, 11) is 0. The molecule has 1 aromatic rings. The first kappa shape index (κ1) is 10.6. The molecule has 0 saturated carbocycles. The molecule has 1 saturated heterocycles. The molecule has 4 heteroatoms. The number of rotatable bonds is 5. The minimum absolute atomic E-state index is 0.594. The third-order valence-corrected chi connectivity index (χ3v) is 3.08. The van der Waals surface area contributed by atoms with Crippen molar-refractivity contribution in [2.75, 3.05) is 26.2 Å². The SMILES string of the molecule is CCN1CC(n2cc(CCCN)cn2)C1. The predicted octanol–water partition coefficient (Wildman–Crippen LogP) is 0.651. The number of hydrogen-bond acceptors (Lipinski definition) is 3. The van der Waals surface area contributed by atoms with Gasteiger partial charge in [-0.05, 0) is 31.5 Å². The van der Waals surface area contributed by atoms with Crippen LogP contribution in [0.25, 0.3) is 0 Å². The van der Waals surface area contributed by atoms with Crippen LogP contribution >= 0.6 is 0 Å². The maximum atomic E-state index is 5.48. The van der Waals surface area contributed by atoms with E-state index in [2.05, 4.69) is 27.8 Å². The lowest BCUT2D eigenvalue weighted by atomic mass is 10.1. The van der Waals surface area contributed by atoms with Crippen LogP contribution in [0, 0.1) is 0 Å². The highest BCUT2D eigenvalue weighted by atomic mass is 15.4. The van der Waals surface area contributed by atoms with Crippen LogP contribution in [0.15, 0.2) is 12.4 Å². The highest BCUT2D eigenvalue weighted by Gasteiger charge is 2.26. The van der Waals surface area contributed by atoms with Crippen molar-refractivity contribution in [2.24, 2.45) is 5.73 Å². The molecule has 2 heterocycles. The third kappa shape index (κ3) is 2.38. The Hall–Kier alpha value is -0.870. The lowest BCUT2D eigenvalue weighted by Gasteiger charge is -2.38. The largest absolute Gasteiger partial charge is 0.330 e. The Morgan fingerprint density at radius 1 is 1.53 bits per heavy atom. The summed E-state index contributed by atoms with van der Waals surface area (Å²) in [5.41, 5.74) is 6.80. The summed E-state index contributed by atoms with van der Waals surface area (Å²) in [4.78, 5) is 2.42. The van der Waals surface area contributed by atoms with Crippen molar-refractivity contribution >= 4 is 0 Å². The average molecular weight is 208 g/mol. The van der Waals surface area contributed by atoms with Crippen molar-refractivity contribution in [2.45, 2.75) is 25.8 Å². The molecule has 84 valence electrons. The Labute approximate surface area is 91.1 Å². The van der Waals surface area contributed by atoms with Gasteiger partial charge in [-0.15, -0.1) is 0 Å². The molecule has 0 bridgehead atoms. The maximum absolute atomic E-state index is 5.48. The van der Waals surface area contributed by atoms with Crippen LogP contribution in [-0.4, -0.2) is 40.9 Å². The topological polar surface area (TPSA) is 47.1 Å². The average Bonchev–Trinajstić information content (AvgIpc) is 2.62. The number of aromatic nitrogens is 2. The zero-order valence-corrected chi connectivity index (χ0v) is 9.39. The summed E-state index contributed by atoms with van der Waals surface area (Å²) >= 11 is 0. The number of nitrogens with zero attached hydrogens (tertiary/aromatic N) is 3. The Kier molecular flexibility index (Phi) is 3.38. The maximum Gasteiger partial charge on any atom is 0.0772 e. The van der Waals surface area contributed by atoms with Crippen molar-refractivity contribution < 1.29 is 0 Å². The van der Waals surface area contributed by atoms with Crippen molar-refractivity contribution in [1.82, 2.24) is 14.7 Å². The molecule has 2 N–H and O–H groups in total. The number of likely N-dealkylation sites (N-methyl/N-ethyl adjacent to an activating group) is 1. The van der Waals surface area contributed by atoms with Gasteiger partial charge >= 0.3 is 0 Å². The van der Waals surface area contributed by atoms with Gasteiger partial charge in [-0.1, -0.05) is 6.92 Å². The van der Waals surface area contributed by atoms with Crippen LogP contribution in [0.1, 0.15) is 24.9 Å². The lowest BCUT2D eigenvalue weighted by Crippen LogP contribution is -2.47. The highest BCUT2D eigenvalue weighted by Crippen LogP contribution is 2.20. The van der Waals surface area contributed by atoms with Crippen molar-refractivity contribution in [3.8, 4) is 0 Å². The van der Waals surface area contributed by atoms with E-state index in [1.807, 2.05) is 6.20 Å². The number of aryl methyl sites for hydroxylation is 1. The van der Waals surface area contributed by atoms with E-state index in [1.54, 1.807) is 0 Å². The molecular weight excluding hydrogens is 188 g/mol. The molecule has 0 aromatic carbocycles. The summed E-state index contributed by atoms with van der Waals surface area (Å²) in [6.07, 6.45) is 6.26. The van der Waals surface area contributed by atoms with E-state index < -0.39 is 0 Å². The summed E-state index contributed by atoms with van der Waals surface area (Å²) in [6.45, 7) is 6.41. The molecule has 1 fully saturated rings. The molecule has 15 heavy (non-hydrogen) atoms.